The minimum atomic E-state index is -0.282. The van der Waals surface area contributed by atoms with Crippen LogP contribution < -0.4 is 5.32 Å². The van der Waals surface area contributed by atoms with Crippen LogP contribution in [0.25, 0.3) is 55.8 Å². The summed E-state index contributed by atoms with van der Waals surface area (Å²) >= 11 is 0. The summed E-state index contributed by atoms with van der Waals surface area (Å²) in [6.45, 7) is 1.87. The van der Waals surface area contributed by atoms with Gasteiger partial charge in [-0.3, -0.25) is 14.9 Å². The number of anilines is 1. The summed E-state index contributed by atoms with van der Waals surface area (Å²) in [5.74, 6) is -0.407. The lowest BCUT2D eigenvalue weighted by atomic mass is 10.0. The number of carbonyl (C=O) groups excluding carboxylic acids is 1. The first kappa shape index (κ1) is 25.3. The number of H-pyrrole nitrogens is 2. The Bertz CT molecular complexity index is 2080. The number of carbonyl (C=O) groups is 1. The second-order valence-electron chi connectivity index (χ2n) is 10.2. The molecule has 8 nitrogen and oxygen atoms in total. The Morgan fingerprint density at radius 1 is 0.952 bits per heavy atom. The van der Waals surface area contributed by atoms with Gasteiger partial charge in [0.1, 0.15) is 22.7 Å². The van der Waals surface area contributed by atoms with E-state index in [4.69, 9.17) is 4.98 Å². The number of benzene rings is 2. The first-order valence-corrected chi connectivity index (χ1v) is 13.4. The molecule has 7 rings (SSSR count). The third-order valence-corrected chi connectivity index (χ3v) is 7.07. The Morgan fingerprint density at radius 3 is 2.69 bits per heavy atom. The predicted molar refractivity (Wildman–Crippen MR) is 161 cm³/mol. The number of nitrogens with one attached hydrogen (secondary N) is 3. The monoisotopic (exact) mass is 553 g/mol. The summed E-state index contributed by atoms with van der Waals surface area (Å²) in [6, 6.07) is 24.1. The molecule has 0 fully saturated rings. The standard InChI is InChI=1S/C33H24FN7O/c1-19-11-21(14-23(34)12-19)25-9-10-36-33-26(25)16-29(39-33)32-31-28(40-41-32)8-7-27(38-31)22-15-24(18-35-17-22)37-30(42)13-20-5-3-2-4-6-20/h2-12,14-18H,13H2,1H3,(H,36,39)(H,37,42)(H,40,41). The molecule has 0 saturated carbocycles. The number of nitrogens with zero attached hydrogens (tertiary/aromatic N) is 4. The van der Waals surface area contributed by atoms with Crippen LogP contribution in [0.3, 0.4) is 0 Å². The highest BCUT2D eigenvalue weighted by atomic mass is 19.1. The smallest absolute Gasteiger partial charge is 0.228 e. The van der Waals surface area contributed by atoms with E-state index in [0.29, 0.717) is 28.2 Å². The van der Waals surface area contributed by atoms with E-state index in [1.54, 1.807) is 18.6 Å². The fourth-order valence-corrected chi connectivity index (χ4v) is 5.18. The lowest BCUT2D eigenvalue weighted by Gasteiger charge is -2.07. The molecule has 0 aliphatic carbocycles. The Morgan fingerprint density at radius 2 is 1.83 bits per heavy atom. The summed E-state index contributed by atoms with van der Waals surface area (Å²) in [5, 5.41) is 11.4. The number of hydrogen-bond donors (Lipinski definition) is 3. The van der Waals surface area contributed by atoms with E-state index in [9.17, 15) is 9.18 Å². The van der Waals surface area contributed by atoms with E-state index in [2.05, 4.69) is 30.5 Å². The SMILES string of the molecule is Cc1cc(F)cc(-c2ccnc3[nH]c(-c4n[nH]c5ccc(-c6cncc(NC(=O)Cc7ccccc7)c6)nc45)cc23)c1. The average Bonchev–Trinajstić information content (AvgIpc) is 3.61. The number of hydrogen-bond acceptors (Lipinski definition) is 5. The summed E-state index contributed by atoms with van der Waals surface area (Å²) < 4.78 is 14.2. The van der Waals surface area contributed by atoms with Gasteiger partial charge in [-0.2, -0.15) is 5.10 Å². The first-order valence-electron chi connectivity index (χ1n) is 13.4. The fraction of sp³-hybridized carbons (Fsp3) is 0.0606. The summed E-state index contributed by atoms with van der Waals surface area (Å²) in [6.07, 6.45) is 5.30. The molecule has 2 aromatic carbocycles. The lowest BCUT2D eigenvalue weighted by molar-refractivity contribution is -0.115. The maximum Gasteiger partial charge on any atom is 0.228 e. The molecular formula is C33H24FN7O. The van der Waals surface area contributed by atoms with Gasteiger partial charge in [0.15, 0.2) is 0 Å². The Hall–Kier alpha value is -5.70. The van der Waals surface area contributed by atoms with Crippen molar-refractivity contribution in [3.63, 3.8) is 0 Å². The van der Waals surface area contributed by atoms with Gasteiger partial charge < -0.3 is 10.3 Å². The number of amides is 1. The van der Waals surface area contributed by atoms with Crippen LogP contribution in [0.15, 0.2) is 97.5 Å². The molecule has 7 aromatic rings. The van der Waals surface area contributed by atoms with Crippen LogP contribution in [0.2, 0.25) is 0 Å². The van der Waals surface area contributed by atoms with Crippen molar-refractivity contribution in [1.29, 1.82) is 0 Å². The number of aromatic amines is 2. The maximum atomic E-state index is 14.2. The van der Waals surface area contributed by atoms with Gasteiger partial charge >= 0.3 is 0 Å². The highest BCUT2D eigenvalue weighted by molar-refractivity contribution is 5.99. The molecule has 9 heteroatoms. The van der Waals surface area contributed by atoms with E-state index < -0.39 is 0 Å². The fourth-order valence-electron chi connectivity index (χ4n) is 5.18. The highest BCUT2D eigenvalue weighted by Crippen LogP contribution is 2.34. The zero-order valence-electron chi connectivity index (χ0n) is 22.5. The van der Waals surface area contributed by atoms with Gasteiger partial charge in [0.25, 0.3) is 0 Å². The average molecular weight is 554 g/mol. The van der Waals surface area contributed by atoms with Crippen molar-refractivity contribution < 1.29 is 9.18 Å². The second kappa shape index (κ2) is 10.4. The predicted octanol–water partition coefficient (Wildman–Crippen LogP) is 6.86. The molecule has 3 N–H and O–H groups in total. The Balaban J connectivity index is 1.22. The zero-order valence-corrected chi connectivity index (χ0v) is 22.5. The molecule has 0 aliphatic heterocycles. The molecule has 0 bridgehead atoms. The van der Waals surface area contributed by atoms with Gasteiger partial charge in [-0.25, -0.2) is 14.4 Å². The quantitative estimate of drug-likeness (QED) is 0.208. The largest absolute Gasteiger partial charge is 0.338 e. The van der Waals surface area contributed by atoms with Crippen molar-refractivity contribution in [2.75, 3.05) is 5.32 Å². The highest BCUT2D eigenvalue weighted by Gasteiger charge is 2.17. The molecule has 0 saturated heterocycles. The molecule has 0 atom stereocenters. The minimum Gasteiger partial charge on any atom is -0.338 e. The molecule has 204 valence electrons. The third kappa shape index (κ3) is 4.88. The molecule has 5 heterocycles. The molecule has 5 aromatic heterocycles. The van der Waals surface area contributed by atoms with E-state index in [0.717, 1.165) is 44.4 Å². The van der Waals surface area contributed by atoms with Gasteiger partial charge in [-0.15, -0.1) is 0 Å². The van der Waals surface area contributed by atoms with Gasteiger partial charge in [-0.05, 0) is 71.6 Å². The van der Waals surface area contributed by atoms with Crippen LogP contribution >= 0.6 is 0 Å². The van der Waals surface area contributed by atoms with Crippen molar-refractivity contribution in [1.82, 2.24) is 30.1 Å². The summed E-state index contributed by atoms with van der Waals surface area (Å²) in [7, 11) is 0. The second-order valence-corrected chi connectivity index (χ2v) is 10.2. The molecule has 0 aliphatic rings. The molecular weight excluding hydrogens is 529 g/mol. The summed E-state index contributed by atoms with van der Waals surface area (Å²) in [4.78, 5) is 29.7. The molecule has 0 unspecified atom stereocenters. The van der Waals surface area contributed by atoms with Gasteiger partial charge in [-0.1, -0.05) is 36.4 Å². The number of pyridine rings is 3. The number of fused-ring (bicyclic) bond motifs is 2. The normalized spacial score (nSPS) is 11.3. The maximum absolute atomic E-state index is 14.2. The first-order chi connectivity index (χ1) is 20.5. The van der Waals surface area contributed by atoms with E-state index in [-0.39, 0.29) is 18.1 Å². The molecule has 0 spiro atoms. The molecule has 0 radical (unpaired) electrons. The molecule has 42 heavy (non-hydrogen) atoms. The van der Waals surface area contributed by atoms with Gasteiger partial charge in [0.05, 0.1) is 35.2 Å². The van der Waals surface area contributed by atoms with Crippen molar-refractivity contribution in [3.8, 4) is 33.8 Å². The number of aryl methyl sites for hydroxylation is 1. The van der Waals surface area contributed by atoms with Crippen LogP contribution in [0.1, 0.15) is 11.1 Å². The lowest BCUT2D eigenvalue weighted by Crippen LogP contribution is -2.14. The van der Waals surface area contributed by atoms with Crippen LogP contribution in [0.5, 0.6) is 0 Å². The minimum absolute atomic E-state index is 0.124. The van der Waals surface area contributed by atoms with Crippen molar-refractivity contribution in [2.24, 2.45) is 0 Å². The van der Waals surface area contributed by atoms with Crippen LogP contribution in [-0.2, 0) is 11.2 Å². The zero-order chi connectivity index (χ0) is 28.6. The van der Waals surface area contributed by atoms with E-state index in [1.165, 1.54) is 12.1 Å². The third-order valence-electron chi connectivity index (χ3n) is 7.07. The Kier molecular flexibility index (Phi) is 6.24. The Labute approximate surface area is 239 Å². The number of halogens is 1. The van der Waals surface area contributed by atoms with E-state index in [1.807, 2.05) is 73.7 Å². The van der Waals surface area contributed by atoms with Gasteiger partial charge in [0, 0.05) is 23.3 Å². The van der Waals surface area contributed by atoms with Crippen molar-refractivity contribution in [2.45, 2.75) is 13.3 Å². The van der Waals surface area contributed by atoms with Crippen molar-refractivity contribution >= 4 is 33.7 Å². The van der Waals surface area contributed by atoms with E-state index >= 15 is 0 Å². The van der Waals surface area contributed by atoms with Crippen LogP contribution in [0, 0.1) is 12.7 Å². The molecule has 1 amide bonds. The van der Waals surface area contributed by atoms with Gasteiger partial charge in [0.2, 0.25) is 5.91 Å². The van der Waals surface area contributed by atoms with Crippen LogP contribution in [-0.4, -0.2) is 36.0 Å². The summed E-state index contributed by atoms with van der Waals surface area (Å²) in [5.41, 5.74) is 8.91. The van der Waals surface area contributed by atoms with Crippen LogP contribution in [0.4, 0.5) is 10.1 Å². The van der Waals surface area contributed by atoms with Crippen molar-refractivity contribution in [3.05, 3.63) is 114 Å². The number of rotatable bonds is 6. The number of aromatic nitrogens is 6. The topological polar surface area (TPSA) is 112 Å².